The van der Waals surface area contributed by atoms with Crippen molar-refractivity contribution in [3.8, 4) is 0 Å². The topological polar surface area (TPSA) is 36.1 Å². The predicted molar refractivity (Wildman–Crippen MR) is 69.2 cm³/mol. The summed E-state index contributed by atoms with van der Waals surface area (Å²) in [7, 11) is 0. The van der Waals surface area contributed by atoms with Crippen molar-refractivity contribution in [3.63, 3.8) is 0 Å². The summed E-state index contributed by atoms with van der Waals surface area (Å²) in [4.78, 5) is 17.2. The van der Waals surface area contributed by atoms with Crippen LogP contribution in [0.4, 0.5) is 0 Å². The molecular weight excluding hydrogens is 212 g/mol. The van der Waals surface area contributed by atoms with E-state index in [1.165, 1.54) is 19.3 Å². The van der Waals surface area contributed by atoms with Crippen LogP contribution in [0, 0.1) is 5.41 Å². The van der Waals surface area contributed by atoms with E-state index in [0.29, 0.717) is 12.0 Å². The van der Waals surface area contributed by atoms with Gasteiger partial charge in [-0.05, 0) is 49.9 Å². The summed E-state index contributed by atoms with van der Waals surface area (Å²) in [6.07, 6.45) is 5.45. The highest BCUT2D eigenvalue weighted by Crippen LogP contribution is 2.29. The molecule has 0 aromatic carbocycles. The van der Waals surface area contributed by atoms with E-state index in [-0.39, 0.29) is 5.78 Å². The zero-order valence-corrected chi connectivity index (χ0v) is 10.8. The number of nitrogens with zero attached hydrogens (tertiary/aromatic N) is 1. The zero-order valence-electron chi connectivity index (χ0n) is 10.8. The lowest BCUT2D eigenvalue weighted by Gasteiger charge is -2.22. The average Bonchev–Trinajstić information content (AvgIpc) is 2.73. The van der Waals surface area contributed by atoms with E-state index < -0.39 is 0 Å². The van der Waals surface area contributed by atoms with Crippen LogP contribution in [0.25, 0.3) is 0 Å². The Morgan fingerprint density at radius 2 is 2.24 bits per heavy atom. The lowest BCUT2D eigenvalue weighted by atomic mass is 9.85. The molecule has 0 aliphatic carbocycles. The second kappa shape index (κ2) is 5.05. The maximum absolute atomic E-state index is 12.0. The lowest BCUT2D eigenvalue weighted by molar-refractivity contribution is 0.0926. The minimum atomic E-state index is 0.203. The van der Waals surface area contributed by atoms with Crippen molar-refractivity contribution in [1.82, 2.24) is 9.88 Å². The minimum absolute atomic E-state index is 0.203. The number of ketones is 1. The molecule has 3 heteroatoms. The highest BCUT2D eigenvalue weighted by Gasteiger charge is 2.24. The van der Waals surface area contributed by atoms with E-state index >= 15 is 0 Å². The second-order valence-electron chi connectivity index (χ2n) is 5.80. The maximum Gasteiger partial charge on any atom is 0.192 e. The molecule has 0 radical (unpaired) electrons. The fourth-order valence-corrected chi connectivity index (χ4v) is 2.43. The molecule has 94 valence electrons. The molecule has 1 aromatic rings. The third-order valence-electron chi connectivity index (χ3n) is 3.70. The van der Waals surface area contributed by atoms with Crippen molar-refractivity contribution in [2.24, 2.45) is 5.41 Å². The van der Waals surface area contributed by atoms with Crippen LogP contribution in [-0.4, -0.2) is 35.3 Å². The lowest BCUT2D eigenvalue weighted by Crippen LogP contribution is -2.31. The minimum Gasteiger partial charge on any atom is -0.359 e. The molecule has 1 aliphatic heterocycles. The molecule has 0 saturated carbocycles. The Bertz CT molecular complexity index is 368. The number of rotatable bonds is 3. The molecule has 2 heterocycles. The van der Waals surface area contributed by atoms with Crippen LogP contribution in [0.5, 0.6) is 0 Å². The monoisotopic (exact) mass is 234 g/mol. The summed E-state index contributed by atoms with van der Waals surface area (Å²) in [5.41, 5.74) is 1.16. The first-order chi connectivity index (χ1) is 8.07. The molecule has 0 bridgehead atoms. The van der Waals surface area contributed by atoms with Gasteiger partial charge in [0.25, 0.3) is 0 Å². The number of Topliss-reactive ketones (excluding diaryl/α,β-unsaturated/α-hetero) is 1. The first-order valence-corrected chi connectivity index (χ1v) is 6.46. The molecule has 1 aromatic heterocycles. The van der Waals surface area contributed by atoms with E-state index in [9.17, 15) is 4.79 Å². The van der Waals surface area contributed by atoms with Crippen LogP contribution in [0.15, 0.2) is 18.3 Å². The van der Waals surface area contributed by atoms with Crippen molar-refractivity contribution in [2.45, 2.75) is 33.1 Å². The molecule has 1 N–H and O–H groups in total. The second-order valence-corrected chi connectivity index (χ2v) is 5.80. The van der Waals surface area contributed by atoms with Gasteiger partial charge in [-0.25, -0.2) is 0 Å². The number of carbonyl (C=O) groups excluding carboxylic acids is 1. The van der Waals surface area contributed by atoms with Gasteiger partial charge in [0.2, 0.25) is 0 Å². The normalized spacial score (nSPS) is 21.1. The third-order valence-corrected chi connectivity index (χ3v) is 3.70. The van der Waals surface area contributed by atoms with Gasteiger partial charge < -0.3 is 4.98 Å². The number of carbonyl (C=O) groups is 1. The van der Waals surface area contributed by atoms with Gasteiger partial charge in [-0.1, -0.05) is 13.8 Å². The summed E-state index contributed by atoms with van der Waals surface area (Å²) < 4.78 is 0. The first-order valence-electron chi connectivity index (χ1n) is 6.46. The summed E-state index contributed by atoms with van der Waals surface area (Å²) in [6.45, 7) is 7.29. The third kappa shape index (κ3) is 3.43. The zero-order chi connectivity index (χ0) is 12.3. The van der Waals surface area contributed by atoms with E-state index in [1.807, 2.05) is 12.1 Å². The summed E-state index contributed by atoms with van der Waals surface area (Å²) in [6, 6.07) is 3.73. The quantitative estimate of drug-likeness (QED) is 0.816. The van der Waals surface area contributed by atoms with Gasteiger partial charge in [0.05, 0.1) is 12.2 Å². The van der Waals surface area contributed by atoms with Gasteiger partial charge >= 0.3 is 0 Å². The Kier molecular flexibility index (Phi) is 3.67. The molecule has 1 fully saturated rings. The number of hydrogen-bond donors (Lipinski definition) is 1. The molecule has 3 nitrogen and oxygen atoms in total. The average molecular weight is 234 g/mol. The van der Waals surface area contributed by atoms with Gasteiger partial charge in [0, 0.05) is 6.20 Å². The predicted octanol–water partition coefficient (Wildman–Crippen LogP) is 2.71. The number of aromatic nitrogens is 1. The Labute approximate surface area is 103 Å². The molecule has 17 heavy (non-hydrogen) atoms. The van der Waals surface area contributed by atoms with Gasteiger partial charge in [-0.15, -0.1) is 0 Å². The molecule has 1 saturated heterocycles. The number of hydrogen-bond acceptors (Lipinski definition) is 2. The number of aromatic amines is 1. The molecule has 0 atom stereocenters. The highest BCUT2D eigenvalue weighted by molar-refractivity contribution is 5.95. The maximum atomic E-state index is 12.0. The summed E-state index contributed by atoms with van der Waals surface area (Å²) in [5.74, 6) is 0.203. The summed E-state index contributed by atoms with van der Waals surface area (Å²) in [5, 5.41) is 0. The van der Waals surface area contributed by atoms with Crippen molar-refractivity contribution in [1.29, 1.82) is 0 Å². The first kappa shape index (κ1) is 12.4. The van der Waals surface area contributed by atoms with Crippen LogP contribution in [-0.2, 0) is 0 Å². The Hall–Kier alpha value is -1.09. The Morgan fingerprint density at radius 3 is 2.94 bits per heavy atom. The number of nitrogens with one attached hydrogen (secondary N) is 1. The van der Waals surface area contributed by atoms with Gasteiger partial charge in [0.15, 0.2) is 5.78 Å². The Morgan fingerprint density at radius 1 is 1.41 bits per heavy atom. The van der Waals surface area contributed by atoms with Crippen molar-refractivity contribution < 1.29 is 4.79 Å². The molecule has 0 spiro atoms. The van der Waals surface area contributed by atoms with Gasteiger partial charge in [-0.2, -0.15) is 0 Å². The van der Waals surface area contributed by atoms with Crippen LogP contribution < -0.4 is 0 Å². The fourth-order valence-electron chi connectivity index (χ4n) is 2.43. The molecule has 2 rings (SSSR count). The van der Waals surface area contributed by atoms with Crippen molar-refractivity contribution >= 4 is 5.78 Å². The SMILES string of the molecule is CC1(C)CCCN(CC(=O)c2ccc[nH]2)CC1. The van der Waals surface area contributed by atoms with E-state index in [4.69, 9.17) is 0 Å². The van der Waals surface area contributed by atoms with Crippen LogP contribution in [0.3, 0.4) is 0 Å². The highest BCUT2D eigenvalue weighted by atomic mass is 16.1. The fraction of sp³-hybridized carbons (Fsp3) is 0.643. The van der Waals surface area contributed by atoms with Crippen LogP contribution in [0.1, 0.15) is 43.6 Å². The smallest absolute Gasteiger partial charge is 0.192 e. The van der Waals surface area contributed by atoms with Crippen LogP contribution in [0.2, 0.25) is 0 Å². The van der Waals surface area contributed by atoms with Gasteiger partial charge in [-0.3, -0.25) is 9.69 Å². The summed E-state index contributed by atoms with van der Waals surface area (Å²) >= 11 is 0. The van der Waals surface area contributed by atoms with Crippen molar-refractivity contribution in [3.05, 3.63) is 24.0 Å². The molecule has 1 aliphatic rings. The molecule has 0 unspecified atom stereocenters. The molecular formula is C14H22N2O. The number of H-pyrrole nitrogens is 1. The number of likely N-dealkylation sites (tertiary alicyclic amines) is 1. The standard InChI is InChI=1S/C14H22N2O/c1-14(2)6-4-9-16(10-7-14)11-13(17)12-5-3-8-15-12/h3,5,8,15H,4,6-7,9-11H2,1-2H3. The molecule has 0 amide bonds. The van der Waals surface area contributed by atoms with Crippen molar-refractivity contribution in [2.75, 3.05) is 19.6 Å². The van der Waals surface area contributed by atoms with E-state index in [1.54, 1.807) is 6.20 Å². The Balaban J connectivity index is 1.89. The van der Waals surface area contributed by atoms with E-state index in [2.05, 4.69) is 23.7 Å². The van der Waals surface area contributed by atoms with Gasteiger partial charge in [0.1, 0.15) is 0 Å². The van der Waals surface area contributed by atoms with Crippen LogP contribution >= 0.6 is 0 Å². The largest absolute Gasteiger partial charge is 0.359 e. The van der Waals surface area contributed by atoms with E-state index in [0.717, 1.165) is 18.8 Å².